The molecule has 4 rings (SSSR count). The van der Waals surface area contributed by atoms with Crippen molar-refractivity contribution in [2.45, 2.75) is 138 Å². The van der Waals surface area contributed by atoms with Crippen molar-refractivity contribution in [3.05, 3.63) is 93.7 Å². The summed E-state index contributed by atoms with van der Waals surface area (Å²) in [4.78, 5) is 0. The molecule has 0 saturated heterocycles. The summed E-state index contributed by atoms with van der Waals surface area (Å²) in [5.41, 5.74) is 14.1. The van der Waals surface area contributed by atoms with Gasteiger partial charge in [-0.2, -0.15) is 0 Å². The van der Waals surface area contributed by atoms with Crippen molar-refractivity contribution in [2.75, 3.05) is 0 Å². The van der Waals surface area contributed by atoms with Gasteiger partial charge in [-0.15, -0.1) is 4.68 Å². The van der Waals surface area contributed by atoms with Crippen LogP contribution in [0.5, 0.6) is 0 Å². The lowest BCUT2D eigenvalue weighted by atomic mass is 9.83. The highest BCUT2D eigenvalue weighted by molar-refractivity contribution is 5.72. The van der Waals surface area contributed by atoms with Crippen molar-refractivity contribution >= 4 is 0 Å². The normalized spacial score (nSPS) is 12.4. The smallest absolute Gasteiger partial charge is 0.160 e. The Bertz CT molecular complexity index is 1510. The molecule has 4 aromatic rings. The largest absolute Gasteiger partial charge is 0.206 e. The van der Waals surface area contributed by atoms with Gasteiger partial charge in [0, 0.05) is 11.1 Å². The molecule has 1 aromatic heterocycles. The Morgan fingerprint density at radius 1 is 0.523 bits per heavy atom. The lowest BCUT2D eigenvalue weighted by molar-refractivity contribution is -0.665. The maximum Gasteiger partial charge on any atom is 0.160 e. The van der Waals surface area contributed by atoms with E-state index in [2.05, 4.69) is 161 Å². The van der Waals surface area contributed by atoms with Crippen LogP contribution in [0, 0.1) is 6.20 Å². The van der Waals surface area contributed by atoms with Crippen molar-refractivity contribution in [1.29, 1.82) is 0 Å². The minimum atomic E-state index is 0.348. The van der Waals surface area contributed by atoms with Gasteiger partial charge in [0.2, 0.25) is 0 Å². The monoisotopic (exact) mass is 591 g/mol. The first-order valence-electron chi connectivity index (χ1n) is 17.0. The highest BCUT2D eigenvalue weighted by Crippen LogP contribution is 2.41. The van der Waals surface area contributed by atoms with Gasteiger partial charge in [0.05, 0.1) is 22.8 Å². The molecule has 1 heterocycles. The van der Waals surface area contributed by atoms with E-state index in [9.17, 15) is 0 Å². The van der Waals surface area contributed by atoms with Crippen LogP contribution in [0.2, 0.25) is 0 Å². The lowest BCUT2D eigenvalue weighted by Gasteiger charge is -2.26. The fourth-order valence-electron chi connectivity index (χ4n) is 6.47. The second-order valence-corrected chi connectivity index (χ2v) is 14.9. The molecule has 236 valence electrons. The molecule has 3 nitrogen and oxygen atoms in total. The third-order valence-corrected chi connectivity index (χ3v) is 9.08. The first-order valence-corrected chi connectivity index (χ1v) is 17.0. The molecule has 3 heteroatoms. The molecular weight excluding hydrogens is 534 g/mol. The zero-order valence-corrected chi connectivity index (χ0v) is 30.0. The Labute approximate surface area is 268 Å². The second-order valence-electron chi connectivity index (χ2n) is 14.9. The first kappa shape index (κ1) is 33.7. The Balaban J connectivity index is 2.27. The third kappa shape index (κ3) is 6.44. The molecule has 44 heavy (non-hydrogen) atoms. The second kappa shape index (κ2) is 13.4. The van der Waals surface area contributed by atoms with E-state index in [1.54, 1.807) is 0 Å². The quantitative estimate of drug-likeness (QED) is 0.133. The maximum absolute atomic E-state index is 5.54. The van der Waals surface area contributed by atoms with E-state index in [-0.39, 0.29) is 0 Å². The van der Waals surface area contributed by atoms with Crippen LogP contribution >= 0.6 is 0 Å². The summed E-state index contributed by atoms with van der Waals surface area (Å²) in [6.45, 7) is 32.2. The summed E-state index contributed by atoms with van der Waals surface area (Å²) in [6, 6.07) is 18.4. The number of benzene rings is 3. The Hall–Kier alpha value is -3.20. The minimum Gasteiger partial charge on any atom is -0.206 e. The number of para-hydroxylation sites is 2. The van der Waals surface area contributed by atoms with Crippen LogP contribution < -0.4 is 4.68 Å². The van der Waals surface area contributed by atoms with Crippen molar-refractivity contribution in [3.63, 3.8) is 0 Å². The summed E-state index contributed by atoms with van der Waals surface area (Å²) in [7, 11) is 0. The molecule has 0 fully saturated rings. The van der Waals surface area contributed by atoms with E-state index in [4.69, 9.17) is 5.21 Å². The van der Waals surface area contributed by atoms with Crippen molar-refractivity contribution in [2.24, 2.45) is 0 Å². The summed E-state index contributed by atoms with van der Waals surface area (Å²) in [5.74, 6) is 2.57. The molecule has 0 amide bonds. The third-order valence-electron chi connectivity index (χ3n) is 9.08. The molecule has 3 aromatic carbocycles. The van der Waals surface area contributed by atoms with Crippen LogP contribution in [0.3, 0.4) is 0 Å². The number of aromatic nitrogens is 3. The summed E-state index contributed by atoms with van der Waals surface area (Å²) >= 11 is 0. The molecule has 0 spiro atoms. The van der Waals surface area contributed by atoms with Gasteiger partial charge in [0.1, 0.15) is 0 Å². The van der Waals surface area contributed by atoms with Gasteiger partial charge in [-0.3, -0.25) is 0 Å². The molecule has 0 aliphatic heterocycles. The molecule has 0 unspecified atom stereocenters. The maximum atomic E-state index is 5.54. The Kier molecular flexibility index (Phi) is 10.3. The van der Waals surface area contributed by atoms with Gasteiger partial charge in [-0.05, 0) is 47.0 Å². The van der Waals surface area contributed by atoms with Gasteiger partial charge >= 0.3 is 0 Å². The molecule has 0 saturated carbocycles. The van der Waals surface area contributed by atoms with Crippen LogP contribution in [0.15, 0.2) is 48.5 Å². The molecule has 0 radical (unpaired) electrons. The first-order chi connectivity index (χ1) is 20.6. The van der Waals surface area contributed by atoms with E-state index in [1.165, 1.54) is 55.9 Å². The van der Waals surface area contributed by atoms with E-state index >= 15 is 0 Å². The van der Waals surface area contributed by atoms with Gasteiger partial charge in [-0.25, -0.2) is 4.68 Å². The Morgan fingerprint density at radius 3 is 1.27 bits per heavy atom. The van der Waals surface area contributed by atoms with Gasteiger partial charge in [0.15, 0.2) is 5.69 Å². The van der Waals surface area contributed by atoms with E-state index < -0.39 is 0 Å². The van der Waals surface area contributed by atoms with Crippen molar-refractivity contribution in [1.82, 2.24) is 9.90 Å². The standard InChI is InChI=1S/C41H57N3/c1-24(2)31-21-36(29(11)12)39(37(22-31)30(13)14)38-23-43(40-32(25(3)4)17-15-18-33(40)26(5)6)42-44(38)41-34(27(7)8)19-16-20-35(41)28(9)10/h15-22,24-30H,1-14H3. The fraction of sp³-hybridized carbons (Fsp3) is 0.512. The van der Waals surface area contributed by atoms with Gasteiger partial charge < -0.3 is 0 Å². The number of hydrogen-bond donors (Lipinski definition) is 0. The van der Waals surface area contributed by atoms with Crippen LogP contribution in [0.25, 0.3) is 22.6 Å². The predicted octanol–water partition coefficient (Wildman–Crippen LogP) is 11.5. The topological polar surface area (TPSA) is 21.7 Å². The van der Waals surface area contributed by atoms with Crippen LogP contribution in [0.4, 0.5) is 0 Å². The number of rotatable bonds is 10. The lowest BCUT2D eigenvalue weighted by Crippen LogP contribution is -2.37. The van der Waals surface area contributed by atoms with Crippen LogP contribution in [-0.4, -0.2) is 9.90 Å². The van der Waals surface area contributed by atoms with Crippen molar-refractivity contribution in [3.8, 4) is 22.6 Å². The van der Waals surface area contributed by atoms with E-state index in [0.29, 0.717) is 41.4 Å². The molecule has 0 N–H and O–H groups in total. The summed E-state index contributed by atoms with van der Waals surface area (Å²) in [6.07, 6.45) is 3.94. The van der Waals surface area contributed by atoms with E-state index in [0.717, 1.165) is 5.69 Å². The van der Waals surface area contributed by atoms with Crippen molar-refractivity contribution < 1.29 is 4.68 Å². The number of hydrogen-bond acceptors (Lipinski definition) is 1. The highest BCUT2D eigenvalue weighted by Gasteiger charge is 2.28. The van der Waals surface area contributed by atoms with E-state index in [1.807, 2.05) is 0 Å². The van der Waals surface area contributed by atoms with Gasteiger partial charge in [-0.1, -0.05) is 173 Å². The molecule has 0 aliphatic rings. The van der Waals surface area contributed by atoms with Crippen LogP contribution in [0.1, 0.15) is 177 Å². The predicted molar refractivity (Wildman–Crippen MR) is 188 cm³/mol. The average molecular weight is 592 g/mol. The SMILES string of the molecule is CC(C)c1cc(C(C)C)c(-c2[c-][n+](-c3c(C(C)C)cccc3C(C)C)nn2-c2c(C(C)C)cccc2C(C)C)c(C(C)C)c1. The highest BCUT2D eigenvalue weighted by atomic mass is 15.5. The Morgan fingerprint density at radius 2 is 0.909 bits per heavy atom. The summed E-state index contributed by atoms with van der Waals surface area (Å²) < 4.78 is 4.35. The minimum absolute atomic E-state index is 0.348. The van der Waals surface area contributed by atoms with Crippen LogP contribution in [-0.2, 0) is 0 Å². The fourth-order valence-corrected chi connectivity index (χ4v) is 6.47. The van der Waals surface area contributed by atoms with Gasteiger partial charge in [0.25, 0.3) is 0 Å². The zero-order chi connectivity index (χ0) is 32.6. The molecule has 0 atom stereocenters. The zero-order valence-electron chi connectivity index (χ0n) is 30.0. The summed E-state index contributed by atoms with van der Waals surface area (Å²) in [5, 5.41) is 5.54. The molecule has 0 bridgehead atoms. The number of nitrogens with zero attached hydrogens (tertiary/aromatic N) is 3. The average Bonchev–Trinajstić information content (AvgIpc) is 3.39. The molecular formula is C41H57N3. The molecule has 0 aliphatic carbocycles.